The van der Waals surface area contributed by atoms with Crippen molar-refractivity contribution < 1.29 is 4.79 Å². The smallest absolute Gasteiger partial charge is 0.257 e. The third kappa shape index (κ3) is 5.32. The van der Waals surface area contributed by atoms with Crippen molar-refractivity contribution >= 4 is 11.7 Å². The minimum Gasteiger partial charge on any atom is -0.369 e. The van der Waals surface area contributed by atoms with Gasteiger partial charge in [0.25, 0.3) is 5.91 Å². The summed E-state index contributed by atoms with van der Waals surface area (Å²) >= 11 is 0. The Labute approximate surface area is 168 Å². The molecule has 5 nitrogen and oxygen atoms in total. The molecule has 1 aliphatic rings. The van der Waals surface area contributed by atoms with Gasteiger partial charge in [-0.3, -0.25) is 9.69 Å². The Morgan fingerprint density at radius 2 is 1.96 bits per heavy atom. The Bertz CT molecular complexity index is 762. The van der Waals surface area contributed by atoms with E-state index >= 15 is 0 Å². The lowest BCUT2D eigenvalue weighted by Gasteiger charge is -2.40. The zero-order valence-corrected chi connectivity index (χ0v) is 17.3. The average Bonchev–Trinajstić information content (AvgIpc) is 2.70. The molecule has 1 atom stereocenters. The van der Waals surface area contributed by atoms with E-state index in [1.807, 2.05) is 23.1 Å². The second-order valence-corrected chi connectivity index (χ2v) is 8.07. The van der Waals surface area contributed by atoms with Crippen LogP contribution in [0.3, 0.4) is 0 Å². The van der Waals surface area contributed by atoms with E-state index < -0.39 is 0 Å². The highest BCUT2D eigenvalue weighted by atomic mass is 16.2. The second-order valence-electron chi connectivity index (χ2n) is 8.07. The van der Waals surface area contributed by atoms with E-state index in [9.17, 15) is 4.79 Å². The van der Waals surface area contributed by atoms with E-state index in [-0.39, 0.29) is 5.91 Å². The second kappa shape index (κ2) is 9.69. The monoisotopic (exact) mass is 380 g/mol. The molecule has 1 aromatic carbocycles. The summed E-state index contributed by atoms with van der Waals surface area (Å²) in [4.78, 5) is 22.0. The van der Waals surface area contributed by atoms with Gasteiger partial charge in [0.05, 0.1) is 5.56 Å². The number of anilines is 1. The van der Waals surface area contributed by atoms with Crippen molar-refractivity contribution in [3.8, 4) is 0 Å². The summed E-state index contributed by atoms with van der Waals surface area (Å²) in [7, 11) is 0. The van der Waals surface area contributed by atoms with Crippen molar-refractivity contribution in [1.82, 2.24) is 14.8 Å². The number of pyridine rings is 1. The van der Waals surface area contributed by atoms with Gasteiger partial charge in [-0.05, 0) is 37.0 Å². The lowest BCUT2D eigenvalue weighted by molar-refractivity contribution is 0.0496. The van der Waals surface area contributed by atoms with Crippen molar-refractivity contribution in [2.24, 2.45) is 5.92 Å². The molecule has 1 aliphatic heterocycles. The van der Waals surface area contributed by atoms with E-state index in [0.29, 0.717) is 23.3 Å². The number of nitrogens with zero attached hydrogens (tertiary/aromatic N) is 3. The first-order valence-corrected chi connectivity index (χ1v) is 10.3. The zero-order valence-electron chi connectivity index (χ0n) is 17.3. The molecule has 0 saturated carbocycles. The molecular weight excluding hydrogens is 348 g/mol. The third-order valence-electron chi connectivity index (χ3n) is 5.33. The van der Waals surface area contributed by atoms with E-state index in [0.717, 1.165) is 39.1 Å². The van der Waals surface area contributed by atoms with Crippen LogP contribution in [0, 0.1) is 5.92 Å². The van der Waals surface area contributed by atoms with Gasteiger partial charge in [0.2, 0.25) is 0 Å². The van der Waals surface area contributed by atoms with Crippen LogP contribution in [0.15, 0.2) is 48.7 Å². The summed E-state index contributed by atoms with van der Waals surface area (Å²) in [6, 6.07) is 14.6. The summed E-state index contributed by atoms with van der Waals surface area (Å²) in [5.74, 6) is 1.40. The number of aromatic nitrogens is 1. The van der Waals surface area contributed by atoms with Gasteiger partial charge >= 0.3 is 0 Å². The molecule has 0 radical (unpaired) electrons. The van der Waals surface area contributed by atoms with E-state index in [1.54, 1.807) is 6.20 Å². The maximum Gasteiger partial charge on any atom is 0.257 e. The van der Waals surface area contributed by atoms with Crippen LogP contribution in [-0.4, -0.2) is 52.9 Å². The highest BCUT2D eigenvalue weighted by molar-refractivity contribution is 5.98. The molecule has 1 aromatic heterocycles. The number of benzene rings is 1. The molecule has 1 unspecified atom stereocenters. The fourth-order valence-corrected chi connectivity index (χ4v) is 3.60. The minimum absolute atomic E-state index is 0.0753. The predicted molar refractivity (Wildman–Crippen MR) is 114 cm³/mol. The normalized spacial score (nSPS) is 17.7. The van der Waals surface area contributed by atoms with Gasteiger partial charge in [0, 0.05) is 45.0 Å². The first-order chi connectivity index (χ1) is 13.5. The highest BCUT2D eigenvalue weighted by Gasteiger charge is 2.28. The topological polar surface area (TPSA) is 48.5 Å². The van der Waals surface area contributed by atoms with E-state index in [4.69, 9.17) is 0 Å². The zero-order chi connectivity index (χ0) is 19.9. The summed E-state index contributed by atoms with van der Waals surface area (Å²) < 4.78 is 0. The van der Waals surface area contributed by atoms with Crippen LogP contribution in [0.5, 0.6) is 0 Å². The fraction of sp³-hybridized carbons (Fsp3) is 0.478. The largest absolute Gasteiger partial charge is 0.369 e. The molecule has 0 spiro atoms. The maximum absolute atomic E-state index is 13.2. The highest BCUT2D eigenvalue weighted by Crippen LogP contribution is 2.19. The minimum atomic E-state index is 0.0753. The summed E-state index contributed by atoms with van der Waals surface area (Å²) in [6.45, 7) is 10.7. The Hall–Kier alpha value is -2.40. The van der Waals surface area contributed by atoms with Crippen LogP contribution in [-0.2, 0) is 6.54 Å². The summed E-state index contributed by atoms with van der Waals surface area (Å²) in [5, 5.41) is 3.35. The number of carbonyl (C=O) groups is 1. The van der Waals surface area contributed by atoms with Gasteiger partial charge in [-0.2, -0.15) is 0 Å². The first-order valence-electron chi connectivity index (χ1n) is 10.3. The number of rotatable bonds is 7. The molecule has 1 fully saturated rings. The summed E-state index contributed by atoms with van der Waals surface area (Å²) in [5.41, 5.74) is 1.99. The van der Waals surface area contributed by atoms with Crippen molar-refractivity contribution in [2.75, 3.05) is 31.5 Å². The molecule has 28 heavy (non-hydrogen) atoms. The number of piperazine rings is 1. The summed E-state index contributed by atoms with van der Waals surface area (Å²) in [6.07, 6.45) is 2.80. The first kappa shape index (κ1) is 20.3. The Morgan fingerprint density at radius 1 is 1.18 bits per heavy atom. The molecule has 2 heterocycles. The van der Waals surface area contributed by atoms with Gasteiger partial charge < -0.3 is 10.2 Å². The van der Waals surface area contributed by atoms with Crippen molar-refractivity contribution in [2.45, 2.75) is 39.8 Å². The molecule has 1 amide bonds. The van der Waals surface area contributed by atoms with Crippen molar-refractivity contribution in [3.63, 3.8) is 0 Å². The lowest BCUT2D eigenvalue weighted by atomic mass is 10.1. The Morgan fingerprint density at radius 3 is 2.68 bits per heavy atom. The van der Waals surface area contributed by atoms with E-state index in [2.05, 4.69) is 60.2 Å². The third-order valence-corrected chi connectivity index (χ3v) is 5.33. The number of hydrogen-bond donors (Lipinski definition) is 1. The van der Waals surface area contributed by atoms with Crippen LogP contribution in [0.25, 0.3) is 0 Å². The van der Waals surface area contributed by atoms with Crippen LogP contribution >= 0.6 is 0 Å². The molecule has 3 rings (SSSR count). The molecule has 5 heteroatoms. The van der Waals surface area contributed by atoms with Gasteiger partial charge in [-0.25, -0.2) is 4.98 Å². The SMILES string of the molecule is CC(C)CCNc1ncccc1C(=O)N1CCN(Cc2ccccc2)C(C)C1. The average molecular weight is 381 g/mol. The van der Waals surface area contributed by atoms with Crippen LogP contribution in [0.1, 0.15) is 43.1 Å². The van der Waals surface area contributed by atoms with Crippen LogP contribution < -0.4 is 5.32 Å². The quantitative estimate of drug-likeness (QED) is 0.792. The van der Waals surface area contributed by atoms with Crippen molar-refractivity contribution in [1.29, 1.82) is 0 Å². The Balaban J connectivity index is 1.61. The maximum atomic E-state index is 13.2. The molecule has 1 saturated heterocycles. The van der Waals surface area contributed by atoms with Crippen LogP contribution in [0.2, 0.25) is 0 Å². The molecule has 0 bridgehead atoms. The number of hydrogen-bond acceptors (Lipinski definition) is 4. The predicted octanol–water partition coefficient (Wildman–Crippen LogP) is 3.89. The van der Waals surface area contributed by atoms with Crippen LogP contribution in [0.4, 0.5) is 5.82 Å². The molecule has 2 aromatic rings. The number of nitrogens with one attached hydrogen (secondary N) is 1. The standard InChI is InChI=1S/C23H32N4O/c1-18(2)11-13-25-22-21(10-7-12-24-22)23(28)27-15-14-26(19(3)16-27)17-20-8-5-4-6-9-20/h4-10,12,18-19H,11,13-17H2,1-3H3,(H,24,25). The van der Waals surface area contributed by atoms with Gasteiger partial charge in [0.1, 0.15) is 5.82 Å². The molecule has 150 valence electrons. The van der Waals surface area contributed by atoms with Gasteiger partial charge in [0.15, 0.2) is 0 Å². The van der Waals surface area contributed by atoms with Gasteiger partial charge in [-0.1, -0.05) is 44.2 Å². The van der Waals surface area contributed by atoms with Crippen molar-refractivity contribution in [3.05, 3.63) is 59.8 Å². The fourth-order valence-electron chi connectivity index (χ4n) is 3.60. The molecule has 1 N–H and O–H groups in total. The Kier molecular flexibility index (Phi) is 7.04. The van der Waals surface area contributed by atoms with E-state index in [1.165, 1.54) is 5.56 Å². The number of carbonyl (C=O) groups excluding carboxylic acids is 1. The molecular formula is C23H32N4O. The molecule has 0 aliphatic carbocycles. The van der Waals surface area contributed by atoms with Gasteiger partial charge in [-0.15, -0.1) is 0 Å². The lowest BCUT2D eigenvalue weighted by Crippen LogP contribution is -2.53. The number of amides is 1.